The Morgan fingerprint density at radius 2 is 1.94 bits per heavy atom. The monoisotopic (exact) mass is 455 g/mol. The van der Waals surface area contributed by atoms with Crippen LogP contribution in [0, 0.1) is 29.4 Å². The van der Waals surface area contributed by atoms with Gasteiger partial charge in [-0.05, 0) is 43.6 Å². The van der Waals surface area contributed by atoms with E-state index in [0.717, 1.165) is 31.7 Å². The molecular formula is C22H19F2N5O2S. The van der Waals surface area contributed by atoms with Gasteiger partial charge >= 0.3 is 5.97 Å². The molecule has 3 aliphatic rings. The van der Waals surface area contributed by atoms with Crippen LogP contribution in [-0.2, 0) is 4.79 Å². The van der Waals surface area contributed by atoms with E-state index in [1.54, 1.807) is 11.7 Å². The normalized spacial score (nSPS) is 24.9. The van der Waals surface area contributed by atoms with Crippen molar-refractivity contribution in [3.8, 4) is 11.4 Å². The molecule has 0 saturated heterocycles. The molecule has 3 aromatic heterocycles. The van der Waals surface area contributed by atoms with E-state index in [1.165, 1.54) is 17.4 Å². The number of benzene rings is 1. The van der Waals surface area contributed by atoms with Gasteiger partial charge < -0.3 is 15.4 Å². The number of carbonyl (C=O) groups is 1. The van der Waals surface area contributed by atoms with E-state index in [1.807, 2.05) is 0 Å². The van der Waals surface area contributed by atoms with Crippen LogP contribution in [0.4, 0.5) is 14.6 Å². The number of carboxylic acids is 1. The lowest BCUT2D eigenvalue weighted by Crippen LogP contribution is -2.51. The van der Waals surface area contributed by atoms with Gasteiger partial charge in [-0.25, -0.2) is 23.7 Å². The Hall–Kier alpha value is -3.14. The first-order valence-corrected chi connectivity index (χ1v) is 11.4. The van der Waals surface area contributed by atoms with Gasteiger partial charge in [-0.2, -0.15) is 0 Å². The largest absolute Gasteiger partial charge is 0.481 e. The Morgan fingerprint density at radius 3 is 2.72 bits per heavy atom. The summed E-state index contributed by atoms with van der Waals surface area (Å²) in [6.45, 7) is 0. The van der Waals surface area contributed by atoms with E-state index in [0.29, 0.717) is 32.9 Å². The number of thiazole rings is 1. The average molecular weight is 455 g/mol. The summed E-state index contributed by atoms with van der Waals surface area (Å²) in [4.78, 5) is 29.1. The van der Waals surface area contributed by atoms with Gasteiger partial charge in [0.05, 0.1) is 16.9 Å². The first-order valence-electron chi connectivity index (χ1n) is 10.6. The predicted molar refractivity (Wildman–Crippen MR) is 116 cm³/mol. The minimum absolute atomic E-state index is 0.154. The van der Waals surface area contributed by atoms with Crippen molar-refractivity contribution >= 4 is 44.4 Å². The SMILES string of the molecule is O=C(O)[C@@H]1C2CCC(CC2)[C@H]1Nc1nc(-c2c[nH]c3c(F)cc(F)cc23)nc2scnc12. The molecular weight excluding hydrogens is 436 g/mol. The Labute approximate surface area is 184 Å². The minimum Gasteiger partial charge on any atom is -0.481 e. The molecule has 4 aromatic rings. The van der Waals surface area contributed by atoms with Gasteiger partial charge in [0.25, 0.3) is 0 Å². The summed E-state index contributed by atoms with van der Waals surface area (Å²) in [7, 11) is 0. The maximum absolute atomic E-state index is 14.2. The molecule has 0 amide bonds. The van der Waals surface area contributed by atoms with E-state index < -0.39 is 23.5 Å². The molecule has 3 N–H and O–H groups in total. The molecule has 3 saturated carbocycles. The van der Waals surface area contributed by atoms with Crippen molar-refractivity contribution in [3.63, 3.8) is 0 Å². The van der Waals surface area contributed by atoms with Crippen molar-refractivity contribution in [2.24, 2.45) is 17.8 Å². The van der Waals surface area contributed by atoms with Gasteiger partial charge in [-0.1, -0.05) is 0 Å². The Kier molecular flexibility index (Phi) is 4.39. The van der Waals surface area contributed by atoms with Crippen molar-refractivity contribution < 1.29 is 18.7 Å². The lowest BCUT2D eigenvalue weighted by Gasteiger charge is -2.47. The van der Waals surface area contributed by atoms with E-state index in [9.17, 15) is 18.7 Å². The number of hydrogen-bond acceptors (Lipinski definition) is 6. The summed E-state index contributed by atoms with van der Waals surface area (Å²) < 4.78 is 28.1. The fourth-order valence-corrected chi connectivity index (χ4v) is 6.15. The Balaban J connectivity index is 1.47. The van der Waals surface area contributed by atoms with Gasteiger partial charge in [0.1, 0.15) is 22.0 Å². The number of aromatic amines is 1. The van der Waals surface area contributed by atoms with Crippen LogP contribution >= 0.6 is 11.3 Å². The summed E-state index contributed by atoms with van der Waals surface area (Å²) in [5.41, 5.74) is 2.88. The van der Waals surface area contributed by atoms with Crippen LogP contribution in [0.15, 0.2) is 23.8 Å². The van der Waals surface area contributed by atoms with Crippen LogP contribution in [0.2, 0.25) is 0 Å². The lowest BCUT2D eigenvalue weighted by atomic mass is 9.61. The lowest BCUT2D eigenvalue weighted by molar-refractivity contribution is -0.148. The molecule has 7 nitrogen and oxygen atoms in total. The minimum atomic E-state index is -0.789. The van der Waals surface area contributed by atoms with Crippen LogP contribution in [0.3, 0.4) is 0 Å². The number of H-pyrrole nitrogens is 1. The molecule has 32 heavy (non-hydrogen) atoms. The number of anilines is 1. The van der Waals surface area contributed by atoms with Crippen LogP contribution in [0.1, 0.15) is 25.7 Å². The highest BCUT2D eigenvalue weighted by Crippen LogP contribution is 2.46. The third kappa shape index (κ3) is 2.96. The third-order valence-corrected chi connectivity index (χ3v) is 7.67. The zero-order valence-electron chi connectivity index (χ0n) is 16.8. The number of rotatable bonds is 4. The third-order valence-electron chi connectivity index (χ3n) is 6.95. The second-order valence-corrected chi connectivity index (χ2v) is 9.46. The highest BCUT2D eigenvalue weighted by molar-refractivity contribution is 7.16. The number of nitrogens with zero attached hydrogens (tertiary/aromatic N) is 3. The fraction of sp³-hybridized carbons (Fsp3) is 0.364. The highest BCUT2D eigenvalue weighted by atomic mass is 32.1. The van der Waals surface area contributed by atoms with Gasteiger partial charge in [0.15, 0.2) is 11.6 Å². The van der Waals surface area contributed by atoms with Crippen molar-refractivity contribution in [1.82, 2.24) is 19.9 Å². The maximum atomic E-state index is 14.2. The summed E-state index contributed by atoms with van der Waals surface area (Å²) in [6, 6.07) is 1.83. The first-order chi connectivity index (χ1) is 15.5. The van der Waals surface area contributed by atoms with Crippen molar-refractivity contribution in [2.75, 3.05) is 5.32 Å². The Morgan fingerprint density at radius 1 is 1.16 bits per heavy atom. The zero-order valence-corrected chi connectivity index (χ0v) is 17.6. The summed E-state index contributed by atoms with van der Waals surface area (Å²) >= 11 is 1.33. The summed E-state index contributed by atoms with van der Waals surface area (Å²) in [5, 5.41) is 13.6. The number of halogens is 2. The quantitative estimate of drug-likeness (QED) is 0.408. The highest BCUT2D eigenvalue weighted by Gasteiger charge is 2.47. The molecule has 1 aromatic carbocycles. The number of aromatic nitrogens is 4. The molecule has 0 aliphatic heterocycles. The Bertz CT molecular complexity index is 1360. The van der Waals surface area contributed by atoms with Crippen LogP contribution in [0.25, 0.3) is 32.6 Å². The molecule has 10 heteroatoms. The smallest absolute Gasteiger partial charge is 0.308 e. The van der Waals surface area contributed by atoms with Gasteiger partial charge in [0, 0.05) is 29.3 Å². The molecule has 3 heterocycles. The van der Waals surface area contributed by atoms with Gasteiger partial charge in [-0.15, -0.1) is 11.3 Å². The van der Waals surface area contributed by atoms with E-state index in [-0.39, 0.29) is 23.4 Å². The maximum Gasteiger partial charge on any atom is 0.308 e. The molecule has 7 rings (SSSR count). The van der Waals surface area contributed by atoms with E-state index >= 15 is 0 Å². The predicted octanol–water partition coefficient (Wildman–Crippen LogP) is 4.81. The van der Waals surface area contributed by atoms with Gasteiger partial charge in [0.2, 0.25) is 0 Å². The summed E-state index contributed by atoms with van der Waals surface area (Å²) in [5.74, 6) is -1.48. The molecule has 3 fully saturated rings. The van der Waals surface area contributed by atoms with Crippen LogP contribution < -0.4 is 5.32 Å². The van der Waals surface area contributed by atoms with Crippen LogP contribution in [-0.4, -0.2) is 37.1 Å². The molecule has 164 valence electrons. The first kappa shape index (κ1) is 19.5. The number of carboxylic acid groups (broad SMARTS) is 1. The molecule has 3 aliphatic carbocycles. The standard InChI is InChI=1S/C22H19F2N5O2S/c23-11-5-12-13(7-25-17(12)14(24)6-11)19-28-20(18-21(29-19)32-8-26-18)27-16-10-3-1-9(2-4-10)15(16)22(30)31/h5-10,15-16,25H,1-4H2,(H,30,31)(H,27,28,29)/t9?,10?,15-,16-/m1/s1. The topological polar surface area (TPSA) is 104 Å². The van der Waals surface area contributed by atoms with E-state index in [2.05, 4.69) is 25.3 Å². The van der Waals surface area contributed by atoms with E-state index in [4.69, 9.17) is 0 Å². The second kappa shape index (κ2) is 7.19. The summed E-state index contributed by atoms with van der Waals surface area (Å²) in [6.07, 6.45) is 5.42. The fourth-order valence-electron chi connectivity index (χ4n) is 5.49. The van der Waals surface area contributed by atoms with Gasteiger partial charge in [-0.3, -0.25) is 4.79 Å². The second-order valence-electron chi connectivity index (χ2n) is 8.62. The van der Waals surface area contributed by atoms with Crippen molar-refractivity contribution in [1.29, 1.82) is 0 Å². The van der Waals surface area contributed by atoms with Crippen LogP contribution in [0.5, 0.6) is 0 Å². The molecule has 2 bridgehead atoms. The molecule has 0 unspecified atom stereocenters. The van der Waals surface area contributed by atoms with Crippen molar-refractivity contribution in [2.45, 2.75) is 31.7 Å². The number of hydrogen-bond donors (Lipinski definition) is 3. The number of nitrogens with one attached hydrogen (secondary N) is 2. The number of aliphatic carboxylic acids is 1. The van der Waals surface area contributed by atoms with Crippen molar-refractivity contribution in [3.05, 3.63) is 35.5 Å². The molecule has 0 radical (unpaired) electrons. The number of fused-ring (bicyclic) bond motifs is 5. The molecule has 0 spiro atoms. The molecule has 2 atom stereocenters. The average Bonchev–Trinajstić information content (AvgIpc) is 3.41. The zero-order chi connectivity index (χ0) is 22.0.